The van der Waals surface area contributed by atoms with Crippen LogP contribution in [0.4, 0.5) is 0 Å². The number of thiophene rings is 2. The quantitative estimate of drug-likeness (QED) is 0.521. The second-order valence-corrected chi connectivity index (χ2v) is 8.52. The minimum absolute atomic E-state index is 0.0527. The maximum atomic E-state index is 6.51. The van der Waals surface area contributed by atoms with Crippen LogP contribution in [0.1, 0.15) is 25.6 Å². The Balaban J connectivity index is 2.38. The number of hydrogen-bond acceptors (Lipinski definition) is 2. The molecule has 5 heteroatoms. The first-order chi connectivity index (χ1) is 7.49. The molecular formula is C11H9Br2ClS2. The summed E-state index contributed by atoms with van der Waals surface area (Å²) in [6, 6.07) is 4.26. The van der Waals surface area contributed by atoms with E-state index in [0.717, 1.165) is 8.26 Å². The fraction of sp³-hybridized carbons (Fsp3) is 0.273. The third-order valence-electron chi connectivity index (χ3n) is 2.19. The second kappa shape index (κ2) is 5.11. The number of hydrogen-bond donors (Lipinski definition) is 0. The van der Waals surface area contributed by atoms with Gasteiger partial charge in [0.15, 0.2) is 0 Å². The van der Waals surface area contributed by atoms with Crippen LogP contribution < -0.4 is 0 Å². The molecule has 2 rings (SSSR count). The van der Waals surface area contributed by atoms with Gasteiger partial charge >= 0.3 is 0 Å². The highest BCUT2D eigenvalue weighted by atomic mass is 79.9. The van der Waals surface area contributed by atoms with Gasteiger partial charge in [-0.1, -0.05) is 0 Å². The maximum absolute atomic E-state index is 6.51. The molecule has 0 spiro atoms. The lowest BCUT2D eigenvalue weighted by Crippen LogP contribution is -1.86. The van der Waals surface area contributed by atoms with Crippen molar-refractivity contribution in [3.63, 3.8) is 0 Å². The Morgan fingerprint density at radius 2 is 1.88 bits per heavy atom. The molecule has 2 aromatic heterocycles. The van der Waals surface area contributed by atoms with Crippen LogP contribution in [0, 0.1) is 13.8 Å². The summed E-state index contributed by atoms with van der Waals surface area (Å²) in [4.78, 5) is 3.65. The molecule has 0 fully saturated rings. The molecular weight excluding hydrogens is 392 g/mol. The highest BCUT2D eigenvalue weighted by Gasteiger charge is 2.19. The van der Waals surface area contributed by atoms with Crippen LogP contribution in [-0.2, 0) is 0 Å². The first-order valence-electron chi connectivity index (χ1n) is 4.64. The van der Waals surface area contributed by atoms with E-state index in [1.807, 2.05) is 0 Å². The van der Waals surface area contributed by atoms with Gasteiger partial charge in [0.1, 0.15) is 5.38 Å². The second-order valence-electron chi connectivity index (χ2n) is 3.54. The topological polar surface area (TPSA) is 0 Å². The van der Waals surface area contributed by atoms with Crippen molar-refractivity contribution in [1.29, 1.82) is 0 Å². The molecule has 2 aromatic rings. The highest BCUT2D eigenvalue weighted by Crippen LogP contribution is 2.43. The summed E-state index contributed by atoms with van der Waals surface area (Å²) >= 11 is 17.0. The Kier molecular flexibility index (Phi) is 4.18. The van der Waals surface area contributed by atoms with E-state index in [0.29, 0.717) is 0 Å². The molecule has 2 heterocycles. The molecule has 0 aliphatic carbocycles. The molecule has 0 amide bonds. The molecule has 0 nitrogen and oxygen atoms in total. The molecule has 0 saturated carbocycles. The Hall–Kier alpha value is 0.650. The fourth-order valence-electron chi connectivity index (χ4n) is 1.41. The van der Waals surface area contributed by atoms with Gasteiger partial charge in [-0.05, 0) is 63.4 Å². The largest absolute Gasteiger partial charge is 0.143 e. The van der Waals surface area contributed by atoms with Crippen LogP contribution in [0.3, 0.4) is 0 Å². The Morgan fingerprint density at radius 1 is 1.19 bits per heavy atom. The van der Waals surface area contributed by atoms with Gasteiger partial charge in [0.25, 0.3) is 0 Å². The smallest absolute Gasteiger partial charge is 0.103 e. The molecule has 16 heavy (non-hydrogen) atoms. The lowest BCUT2D eigenvalue weighted by atomic mass is 10.2. The summed E-state index contributed by atoms with van der Waals surface area (Å²) in [5, 5.41) is -0.0527. The van der Waals surface area contributed by atoms with Gasteiger partial charge in [0, 0.05) is 19.1 Å². The van der Waals surface area contributed by atoms with Gasteiger partial charge in [-0.3, -0.25) is 0 Å². The van der Waals surface area contributed by atoms with Gasteiger partial charge < -0.3 is 0 Å². The monoisotopic (exact) mass is 398 g/mol. The minimum Gasteiger partial charge on any atom is -0.143 e. The molecule has 0 bridgehead atoms. The van der Waals surface area contributed by atoms with E-state index in [9.17, 15) is 0 Å². The Bertz CT molecular complexity index is 497. The van der Waals surface area contributed by atoms with Crippen LogP contribution in [0.15, 0.2) is 20.4 Å². The van der Waals surface area contributed by atoms with E-state index in [-0.39, 0.29) is 5.38 Å². The predicted octanol–water partition coefficient (Wildman–Crippen LogP) is 6.28. The van der Waals surface area contributed by atoms with E-state index in [1.54, 1.807) is 22.7 Å². The van der Waals surface area contributed by atoms with E-state index < -0.39 is 0 Å². The lowest BCUT2D eigenvalue weighted by Gasteiger charge is -2.04. The highest BCUT2D eigenvalue weighted by molar-refractivity contribution is 9.11. The number of alkyl halides is 1. The molecule has 0 radical (unpaired) electrons. The maximum Gasteiger partial charge on any atom is 0.103 e. The number of rotatable bonds is 2. The van der Waals surface area contributed by atoms with Gasteiger partial charge in [0.2, 0.25) is 0 Å². The van der Waals surface area contributed by atoms with Crippen LogP contribution in [0.25, 0.3) is 0 Å². The van der Waals surface area contributed by atoms with E-state index in [4.69, 9.17) is 11.6 Å². The van der Waals surface area contributed by atoms with Crippen molar-refractivity contribution in [3.8, 4) is 0 Å². The summed E-state index contributed by atoms with van der Waals surface area (Å²) in [5.41, 5.74) is 1.25. The zero-order valence-corrected chi connectivity index (χ0v) is 14.2. The van der Waals surface area contributed by atoms with Crippen LogP contribution >= 0.6 is 66.1 Å². The molecule has 0 aliphatic heterocycles. The summed E-state index contributed by atoms with van der Waals surface area (Å²) in [6.45, 7) is 4.18. The molecule has 1 atom stereocenters. The normalized spacial score (nSPS) is 13.1. The number of halogens is 3. The standard InChI is InChI=1S/C11H9Br2ClS2/c1-5-3-8(16-11(5)13)9(14)10-7(12)4-6(2)15-10/h3-4,9H,1-2H3. The fourth-order valence-corrected chi connectivity index (χ4v) is 5.50. The van der Waals surface area contributed by atoms with E-state index in [1.165, 1.54) is 20.2 Å². The van der Waals surface area contributed by atoms with Gasteiger partial charge in [-0.2, -0.15) is 0 Å². The zero-order chi connectivity index (χ0) is 11.9. The van der Waals surface area contributed by atoms with Gasteiger partial charge in [-0.15, -0.1) is 34.3 Å². The summed E-state index contributed by atoms with van der Waals surface area (Å²) in [7, 11) is 0. The lowest BCUT2D eigenvalue weighted by molar-refractivity contribution is 1.22. The molecule has 0 saturated heterocycles. The Morgan fingerprint density at radius 3 is 2.31 bits per heavy atom. The zero-order valence-electron chi connectivity index (χ0n) is 8.68. The summed E-state index contributed by atoms with van der Waals surface area (Å²) in [6.07, 6.45) is 0. The van der Waals surface area contributed by atoms with Crippen LogP contribution in [0.5, 0.6) is 0 Å². The molecule has 1 unspecified atom stereocenters. The SMILES string of the molecule is Cc1cc(Br)c(C(Cl)c2cc(C)c(Br)s2)s1. The number of aryl methyl sites for hydroxylation is 2. The Labute approximate surface area is 125 Å². The van der Waals surface area contributed by atoms with Crippen LogP contribution in [-0.4, -0.2) is 0 Å². The van der Waals surface area contributed by atoms with Crippen molar-refractivity contribution in [2.24, 2.45) is 0 Å². The molecule has 86 valence electrons. The summed E-state index contributed by atoms with van der Waals surface area (Å²) < 4.78 is 2.27. The van der Waals surface area contributed by atoms with Crippen molar-refractivity contribution >= 4 is 66.1 Å². The van der Waals surface area contributed by atoms with E-state index in [2.05, 4.69) is 57.8 Å². The van der Waals surface area contributed by atoms with E-state index >= 15 is 0 Å². The van der Waals surface area contributed by atoms with Crippen molar-refractivity contribution in [3.05, 3.63) is 40.6 Å². The molecule has 0 N–H and O–H groups in total. The average Bonchev–Trinajstić information content (AvgIpc) is 2.70. The van der Waals surface area contributed by atoms with Crippen molar-refractivity contribution in [2.75, 3.05) is 0 Å². The third-order valence-corrected chi connectivity index (χ3v) is 7.14. The predicted molar refractivity (Wildman–Crippen MR) is 81.2 cm³/mol. The average molecular weight is 401 g/mol. The minimum atomic E-state index is -0.0527. The first kappa shape index (κ1) is 13.1. The van der Waals surface area contributed by atoms with Crippen molar-refractivity contribution in [2.45, 2.75) is 19.2 Å². The first-order valence-corrected chi connectivity index (χ1v) is 8.30. The van der Waals surface area contributed by atoms with Gasteiger partial charge in [-0.25, -0.2) is 0 Å². The van der Waals surface area contributed by atoms with Crippen molar-refractivity contribution in [1.82, 2.24) is 0 Å². The van der Waals surface area contributed by atoms with Crippen molar-refractivity contribution < 1.29 is 0 Å². The summed E-state index contributed by atoms with van der Waals surface area (Å²) in [5.74, 6) is 0. The van der Waals surface area contributed by atoms with Crippen LogP contribution in [0.2, 0.25) is 0 Å². The third kappa shape index (κ3) is 2.56. The molecule has 0 aromatic carbocycles. The molecule has 0 aliphatic rings. The van der Waals surface area contributed by atoms with Gasteiger partial charge in [0.05, 0.1) is 3.79 Å².